The Bertz CT molecular complexity index is 966. The van der Waals surface area contributed by atoms with Gasteiger partial charge in [-0.25, -0.2) is 5.43 Å². The lowest BCUT2D eigenvalue weighted by atomic mass is 9.79. The number of hydrogen-bond acceptors (Lipinski definition) is 7. The predicted molar refractivity (Wildman–Crippen MR) is 109 cm³/mol. The number of nitrogens with one attached hydrogen (secondary N) is 4. The number of carbonyl (C=O) groups is 2. The zero-order valence-corrected chi connectivity index (χ0v) is 16.5. The van der Waals surface area contributed by atoms with E-state index in [0.717, 1.165) is 0 Å². The molecule has 2 heterocycles. The number of rotatable bonds is 5. The Morgan fingerprint density at radius 2 is 2.00 bits per heavy atom. The van der Waals surface area contributed by atoms with Gasteiger partial charge >= 0.3 is 0 Å². The van der Waals surface area contributed by atoms with Crippen LogP contribution in [-0.2, 0) is 4.79 Å². The molecule has 1 aromatic carbocycles. The van der Waals surface area contributed by atoms with Crippen molar-refractivity contribution in [3.8, 4) is 0 Å². The molecule has 1 aliphatic heterocycles. The van der Waals surface area contributed by atoms with Gasteiger partial charge in [-0.1, -0.05) is 11.6 Å². The predicted octanol–water partition coefficient (Wildman–Crippen LogP) is 2.41. The molecule has 1 saturated heterocycles. The number of nitrogens with zero attached hydrogens (tertiary/aromatic N) is 1. The molecule has 11 heteroatoms. The summed E-state index contributed by atoms with van der Waals surface area (Å²) in [4.78, 5) is 36.2. The van der Waals surface area contributed by atoms with Gasteiger partial charge in [-0.2, -0.15) is 0 Å². The molecule has 2 aromatic rings. The highest BCUT2D eigenvalue weighted by Crippen LogP contribution is 2.33. The van der Waals surface area contributed by atoms with Gasteiger partial charge in [-0.3, -0.25) is 25.1 Å². The average molecular weight is 434 g/mol. The minimum atomic E-state index is -0.651. The van der Waals surface area contributed by atoms with Crippen LogP contribution < -0.4 is 21.5 Å². The van der Waals surface area contributed by atoms with Crippen LogP contribution in [0, 0.1) is 16.0 Å². The number of furan rings is 1. The third-order valence-corrected chi connectivity index (χ3v) is 5.77. The number of halogens is 1. The van der Waals surface area contributed by atoms with Crippen LogP contribution in [0.3, 0.4) is 0 Å². The highest BCUT2D eigenvalue weighted by Gasteiger charge is 2.46. The first-order valence-electron chi connectivity index (χ1n) is 9.52. The van der Waals surface area contributed by atoms with Crippen molar-refractivity contribution in [2.45, 2.75) is 37.4 Å². The number of hydrogen-bond donors (Lipinski definition) is 4. The highest BCUT2D eigenvalue weighted by atomic mass is 35.5. The van der Waals surface area contributed by atoms with E-state index in [1.54, 1.807) is 18.2 Å². The summed E-state index contributed by atoms with van der Waals surface area (Å²) in [5.41, 5.74) is 6.70. The number of nitro groups is 1. The number of amides is 2. The number of fused-ring (bicyclic) bond motifs is 1. The fourth-order valence-corrected chi connectivity index (χ4v) is 4.19. The molecule has 10 nitrogen and oxygen atoms in total. The first-order valence-corrected chi connectivity index (χ1v) is 9.90. The lowest BCUT2D eigenvalue weighted by molar-refractivity contribution is -0.528. The molecule has 4 N–H and O–H groups in total. The van der Waals surface area contributed by atoms with Crippen molar-refractivity contribution in [3.63, 3.8) is 0 Å². The summed E-state index contributed by atoms with van der Waals surface area (Å²) in [6.07, 6.45) is 2.81. The van der Waals surface area contributed by atoms with Crippen LogP contribution in [0.15, 0.2) is 41.0 Å². The van der Waals surface area contributed by atoms with Gasteiger partial charge in [0.2, 0.25) is 11.9 Å². The lowest BCUT2D eigenvalue weighted by Crippen LogP contribution is -2.44. The van der Waals surface area contributed by atoms with Crippen LogP contribution in [0.2, 0.25) is 5.02 Å². The minimum absolute atomic E-state index is 0.000272. The number of carbonyl (C=O) groups excluding carboxylic acids is 2. The maximum atomic E-state index is 13.0. The zero-order chi connectivity index (χ0) is 21.3. The van der Waals surface area contributed by atoms with Gasteiger partial charge in [0.05, 0.1) is 17.6 Å². The smallest absolute Gasteiger partial charge is 0.291 e. The Kier molecular flexibility index (Phi) is 5.71. The van der Waals surface area contributed by atoms with E-state index in [-0.39, 0.29) is 28.6 Å². The zero-order valence-electron chi connectivity index (χ0n) is 15.8. The second kappa shape index (κ2) is 8.42. The largest absolute Gasteiger partial charge is 0.459 e. The molecule has 2 amide bonds. The molecular weight excluding hydrogens is 414 g/mol. The fraction of sp³-hybridized carbons (Fsp3) is 0.368. The van der Waals surface area contributed by atoms with Gasteiger partial charge in [0.1, 0.15) is 6.04 Å². The Labute approximate surface area is 176 Å². The maximum absolute atomic E-state index is 13.0. The highest BCUT2D eigenvalue weighted by molar-refractivity contribution is 6.31. The summed E-state index contributed by atoms with van der Waals surface area (Å²) < 4.78 is 5.08. The second-order valence-electron chi connectivity index (χ2n) is 7.40. The van der Waals surface area contributed by atoms with Gasteiger partial charge in [-0.05, 0) is 36.8 Å². The van der Waals surface area contributed by atoms with Gasteiger partial charge in [0.25, 0.3) is 5.91 Å². The Hall–Kier alpha value is -2.95. The van der Waals surface area contributed by atoms with Crippen molar-refractivity contribution < 1.29 is 18.9 Å². The molecule has 0 radical (unpaired) electrons. The minimum Gasteiger partial charge on any atom is -0.459 e. The first kappa shape index (κ1) is 20.3. The molecule has 2 aliphatic rings. The molecule has 0 spiro atoms. The average Bonchev–Trinajstić information content (AvgIpc) is 3.39. The molecule has 4 atom stereocenters. The lowest BCUT2D eigenvalue weighted by Gasteiger charge is -2.28. The van der Waals surface area contributed by atoms with Crippen LogP contribution in [-0.4, -0.2) is 34.9 Å². The van der Waals surface area contributed by atoms with Crippen molar-refractivity contribution in [2.75, 3.05) is 10.6 Å². The number of hydrazine groups is 1. The monoisotopic (exact) mass is 433 g/mol. The molecule has 1 aliphatic carbocycles. The van der Waals surface area contributed by atoms with Gasteiger partial charge in [0, 0.05) is 34.7 Å². The second-order valence-corrected chi connectivity index (χ2v) is 7.84. The van der Waals surface area contributed by atoms with E-state index in [0.29, 0.717) is 35.7 Å². The van der Waals surface area contributed by atoms with E-state index in [2.05, 4.69) is 21.5 Å². The van der Waals surface area contributed by atoms with Gasteiger partial charge in [-0.15, -0.1) is 0 Å². The molecular formula is C19H20ClN5O5. The Balaban J connectivity index is 1.49. The molecule has 1 aromatic heterocycles. The third-order valence-electron chi connectivity index (χ3n) is 5.54. The van der Waals surface area contributed by atoms with Crippen molar-refractivity contribution in [2.24, 2.45) is 5.92 Å². The van der Waals surface area contributed by atoms with E-state index in [1.807, 2.05) is 0 Å². The van der Waals surface area contributed by atoms with Crippen molar-refractivity contribution in [1.82, 2.24) is 10.9 Å². The van der Waals surface area contributed by atoms with Crippen LogP contribution in [0.1, 0.15) is 29.8 Å². The summed E-state index contributed by atoms with van der Waals surface area (Å²) in [6, 6.07) is 6.51. The van der Waals surface area contributed by atoms with Crippen molar-refractivity contribution in [1.29, 1.82) is 0 Å². The van der Waals surface area contributed by atoms with Crippen LogP contribution in [0.25, 0.3) is 0 Å². The molecule has 158 valence electrons. The SMILES string of the molecule is O=C(Nc1cc(Cl)ccc1NC(=O)C1NNC2CCC([N+](=O)[O-])CC21)c1ccco1. The molecule has 30 heavy (non-hydrogen) atoms. The van der Waals surface area contributed by atoms with Crippen molar-refractivity contribution in [3.05, 3.63) is 57.5 Å². The standard InChI is InChI=1S/C19H20ClN5O5/c20-10-3-5-14(15(8-10)22-18(26)16-2-1-7-30-16)21-19(27)17-12-9-11(25(28)29)4-6-13(12)23-24-17/h1-3,5,7-8,11-13,17,23-24H,4,6,9H2,(H,21,27)(H,22,26). The Morgan fingerprint density at radius 1 is 1.17 bits per heavy atom. The number of benzene rings is 1. The first-order chi connectivity index (χ1) is 14.4. The maximum Gasteiger partial charge on any atom is 0.291 e. The topological polar surface area (TPSA) is 139 Å². The molecule has 2 fully saturated rings. The van der Waals surface area contributed by atoms with E-state index in [1.165, 1.54) is 18.4 Å². The fourth-order valence-electron chi connectivity index (χ4n) is 4.02. The van der Waals surface area contributed by atoms with E-state index in [9.17, 15) is 19.7 Å². The summed E-state index contributed by atoms with van der Waals surface area (Å²) in [5.74, 6) is -0.929. The molecule has 0 bridgehead atoms. The van der Waals surface area contributed by atoms with Gasteiger partial charge < -0.3 is 15.1 Å². The Morgan fingerprint density at radius 3 is 2.73 bits per heavy atom. The number of anilines is 2. The van der Waals surface area contributed by atoms with E-state index >= 15 is 0 Å². The van der Waals surface area contributed by atoms with Crippen LogP contribution in [0.4, 0.5) is 11.4 Å². The van der Waals surface area contributed by atoms with Crippen molar-refractivity contribution >= 4 is 34.8 Å². The molecule has 1 saturated carbocycles. The summed E-state index contributed by atoms with van der Waals surface area (Å²) in [6.45, 7) is 0. The molecule has 4 unspecified atom stereocenters. The van der Waals surface area contributed by atoms with E-state index < -0.39 is 18.0 Å². The summed E-state index contributed by atoms with van der Waals surface area (Å²) >= 11 is 6.05. The molecule has 4 rings (SSSR count). The van der Waals surface area contributed by atoms with E-state index in [4.69, 9.17) is 16.0 Å². The summed E-state index contributed by atoms with van der Waals surface area (Å²) in [7, 11) is 0. The third kappa shape index (κ3) is 4.16. The van der Waals surface area contributed by atoms with Crippen LogP contribution >= 0.6 is 11.6 Å². The van der Waals surface area contributed by atoms with Crippen LogP contribution in [0.5, 0.6) is 0 Å². The van der Waals surface area contributed by atoms with Gasteiger partial charge in [0.15, 0.2) is 5.76 Å². The summed E-state index contributed by atoms with van der Waals surface area (Å²) in [5, 5.41) is 17.0. The quantitative estimate of drug-likeness (QED) is 0.419. The normalized spacial score (nSPS) is 25.4.